The van der Waals surface area contributed by atoms with E-state index in [4.69, 9.17) is 0 Å². The molecule has 1 saturated carbocycles. The fourth-order valence-corrected chi connectivity index (χ4v) is 5.30. The van der Waals surface area contributed by atoms with Crippen molar-refractivity contribution >= 4 is 23.4 Å². The van der Waals surface area contributed by atoms with E-state index in [0.29, 0.717) is 22.4 Å². The number of aryl methyl sites for hydroxylation is 1. The molecule has 0 aliphatic heterocycles. The third kappa shape index (κ3) is 5.16. The van der Waals surface area contributed by atoms with Gasteiger partial charge in [-0.1, -0.05) is 66.4 Å². The second-order valence-electron chi connectivity index (χ2n) is 8.80. The van der Waals surface area contributed by atoms with Gasteiger partial charge in [0.1, 0.15) is 0 Å². The summed E-state index contributed by atoms with van der Waals surface area (Å²) in [7, 11) is 0. The SMILES string of the molecule is Cc1ccccc1CSc1nnc(CNC(=O)C2CC2c2ccccc2)n1-c1ccc([N+](=O)[O-])cc1. The highest BCUT2D eigenvalue weighted by Crippen LogP contribution is 2.47. The number of nitrogens with one attached hydrogen (secondary N) is 1. The van der Waals surface area contributed by atoms with Crippen LogP contribution in [0.5, 0.6) is 0 Å². The van der Waals surface area contributed by atoms with E-state index in [1.807, 2.05) is 34.9 Å². The fraction of sp³-hybridized carbons (Fsp3) is 0.222. The Labute approximate surface area is 212 Å². The first-order valence-electron chi connectivity index (χ1n) is 11.7. The number of rotatable bonds is 9. The first-order chi connectivity index (χ1) is 17.5. The Kier molecular flexibility index (Phi) is 6.81. The highest BCUT2D eigenvalue weighted by Gasteiger charge is 2.43. The molecule has 1 heterocycles. The van der Waals surface area contributed by atoms with Crippen LogP contribution in [0, 0.1) is 23.0 Å². The number of carbonyl (C=O) groups is 1. The van der Waals surface area contributed by atoms with Gasteiger partial charge in [0, 0.05) is 29.5 Å². The number of benzene rings is 3. The molecule has 182 valence electrons. The summed E-state index contributed by atoms with van der Waals surface area (Å²) in [5.41, 5.74) is 4.28. The highest BCUT2D eigenvalue weighted by atomic mass is 32.2. The van der Waals surface area contributed by atoms with Crippen molar-refractivity contribution in [2.24, 2.45) is 5.92 Å². The molecule has 1 N–H and O–H groups in total. The van der Waals surface area contributed by atoms with Crippen molar-refractivity contribution in [2.45, 2.75) is 36.7 Å². The van der Waals surface area contributed by atoms with Gasteiger partial charge in [-0.25, -0.2) is 0 Å². The van der Waals surface area contributed by atoms with Crippen molar-refractivity contribution in [3.63, 3.8) is 0 Å². The fourth-order valence-electron chi connectivity index (χ4n) is 4.26. The standard InChI is InChI=1S/C27H25N5O3S/c1-18-7-5-6-10-20(18)17-36-27-30-29-25(31(27)21-11-13-22(14-12-21)32(34)35)16-28-26(33)24-15-23(24)19-8-3-2-4-9-19/h2-14,23-24H,15-17H2,1H3,(H,28,33). The third-order valence-corrected chi connectivity index (χ3v) is 7.39. The predicted octanol–water partition coefficient (Wildman–Crippen LogP) is 5.20. The number of carbonyl (C=O) groups excluding carboxylic acids is 1. The monoisotopic (exact) mass is 499 g/mol. The minimum Gasteiger partial charge on any atom is -0.349 e. The Morgan fingerprint density at radius 1 is 1.06 bits per heavy atom. The van der Waals surface area contributed by atoms with Gasteiger partial charge in [0.2, 0.25) is 5.91 Å². The normalized spacial score (nSPS) is 16.5. The van der Waals surface area contributed by atoms with Gasteiger partial charge in [-0.2, -0.15) is 0 Å². The van der Waals surface area contributed by atoms with Gasteiger partial charge in [0.25, 0.3) is 5.69 Å². The second-order valence-corrected chi connectivity index (χ2v) is 9.74. The van der Waals surface area contributed by atoms with E-state index >= 15 is 0 Å². The summed E-state index contributed by atoms with van der Waals surface area (Å²) in [6, 6.07) is 24.5. The maximum absolute atomic E-state index is 12.8. The summed E-state index contributed by atoms with van der Waals surface area (Å²) in [5, 5.41) is 23.5. The second kappa shape index (κ2) is 10.3. The van der Waals surface area contributed by atoms with Crippen LogP contribution < -0.4 is 5.32 Å². The average Bonchev–Trinajstić information content (AvgIpc) is 3.61. The van der Waals surface area contributed by atoms with Crippen LogP contribution in [0.4, 0.5) is 5.69 Å². The minimum absolute atomic E-state index is 0.00350. The number of hydrogen-bond donors (Lipinski definition) is 1. The molecule has 4 aromatic rings. The quantitative estimate of drug-likeness (QED) is 0.193. The lowest BCUT2D eigenvalue weighted by atomic mass is 10.1. The average molecular weight is 500 g/mol. The molecule has 1 aliphatic rings. The minimum atomic E-state index is -0.427. The number of nitro groups is 1. The van der Waals surface area contributed by atoms with Crippen LogP contribution in [0.25, 0.3) is 5.69 Å². The summed E-state index contributed by atoms with van der Waals surface area (Å²) in [6.45, 7) is 2.28. The lowest BCUT2D eigenvalue weighted by Gasteiger charge is -2.11. The van der Waals surface area contributed by atoms with Gasteiger partial charge in [0.05, 0.1) is 11.5 Å². The van der Waals surface area contributed by atoms with E-state index in [1.165, 1.54) is 40.6 Å². The molecule has 2 unspecified atom stereocenters. The summed E-state index contributed by atoms with van der Waals surface area (Å²) in [5.74, 6) is 1.47. The largest absolute Gasteiger partial charge is 0.349 e. The van der Waals surface area contributed by atoms with E-state index in [1.54, 1.807) is 12.1 Å². The molecule has 0 saturated heterocycles. The molecule has 0 spiro atoms. The molecular weight excluding hydrogens is 474 g/mol. The van der Waals surface area contributed by atoms with Crippen LogP contribution in [0.2, 0.25) is 0 Å². The molecule has 9 heteroatoms. The number of thioether (sulfide) groups is 1. The number of aromatic nitrogens is 3. The molecule has 0 radical (unpaired) electrons. The molecular formula is C27H25N5O3S. The molecule has 36 heavy (non-hydrogen) atoms. The maximum Gasteiger partial charge on any atom is 0.269 e. The Balaban J connectivity index is 1.34. The van der Waals surface area contributed by atoms with Crippen LogP contribution in [0.3, 0.4) is 0 Å². The van der Waals surface area contributed by atoms with Crippen LogP contribution >= 0.6 is 11.8 Å². The summed E-state index contributed by atoms with van der Waals surface area (Å²) < 4.78 is 1.86. The number of hydrogen-bond acceptors (Lipinski definition) is 6. The van der Waals surface area contributed by atoms with Crippen molar-refractivity contribution < 1.29 is 9.72 Å². The Morgan fingerprint density at radius 3 is 2.50 bits per heavy atom. The zero-order chi connectivity index (χ0) is 25.1. The Hall–Kier alpha value is -3.98. The molecule has 1 aromatic heterocycles. The molecule has 3 aromatic carbocycles. The van der Waals surface area contributed by atoms with E-state index in [2.05, 4.69) is 46.7 Å². The molecule has 1 aliphatic carbocycles. The number of amides is 1. The molecule has 5 rings (SSSR count). The molecule has 1 fully saturated rings. The van der Waals surface area contributed by atoms with Crippen LogP contribution in [-0.4, -0.2) is 25.6 Å². The van der Waals surface area contributed by atoms with Crippen molar-refractivity contribution in [2.75, 3.05) is 0 Å². The topological polar surface area (TPSA) is 103 Å². The first-order valence-corrected chi connectivity index (χ1v) is 12.7. The van der Waals surface area contributed by atoms with E-state index < -0.39 is 4.92 Å². The van der Waals surface area contributed by atoms with E-state index in [0.717, 1.165) is 6.42 Å². The predicted molar refractivity (Wildman–Crippen MR) is 138 cm³/mol. The van der Waals surface area contributed by atoms with Gasteiger partial charge in [-0.3, -0.25) is 19.5 Å². The third-order valence-electron chi connectivity index (χ3n) is 6.41. The van der Waals surface area contributed by atoms with Crippen molar-refractivity contribution in [3.05, 3.63) is 111 Å². The van der Waals surface area contributed by atoms with Crippen LogP contribution in [0.15, 0.2) is 84.0 Å². The van der Waals surface area contributed by atoms with Gasteiger partial charge >= 0.3 is 0 Å². The number of nitrogens with zero attached hydrogens (tertiary/aromatic N) is 4. The lowest BCUT2D eigenvalue weighted by molar-refractivity contribution is -0.384. The van der Waals surface area contributed by atoms with E-state index in [9.17, 15) is 14.9 Å². The maximum atomic E-state index is 12.8. The molecule has 0 bridgehead atoms. The zero-order valence-electron chi connectivity index (χ0n) is 19.7. The number of non-ortho nitro benzene ring substituents is 1. The van der Waals surface area contributed by atoms with Crippen molar-refractivity contribution in [1.82, 2.24) is 20.1 Å². The highest BCUT2D eigenvalue weighted by molar-refractivity contribution is 7.98. The Bertz CT molecular complexity index is 1390. The van der Waals surface area contributed by atoms with Gasteiger partial charge < -0.3 is 5.32 Å². The van der Waals surface area contributed by atoms with Crippen LogP contribution in [0.1, 0.15) is 34.9 Å². The summed E-state index contributed by atoms with van der Waals surface area (Å²) in [4.78, 5) is 23.5. The smallest absolute Gasteiger partial charge is 0.269 e. The van der Waals surface area contributed by atoms with Gasteiger partial charge in [0.15, 0.2) is 11.0 Å². The first kappa shape index (κ1) is 23.7. The van der Waals surface area contributed by atoms with Gasteiger partial charge in [-0.05, 0) is 48.1 Å². The number of nitro benzene ring substituents is 1. The zero-order valence-corrected chi connectivity index (χ0v) is 20.5. The lowest BCUT2D eigenvalue weighted by Crippen LogP contribution is -2.26. The molecule has 1 amide bonds. The summed E-state index contributed by atoms with van der Waals surface area (Å²) in [6.07, 6.45) is 0.836. The van der Waals surface area contributed by atoms with E-state index in [-0.39, 0.29) is 30.0 Å². The summed E-state index contributed by atoms with van der Waals surface area (Å²) >= 11 is 1.53. The van der Waals surface area contributed by atoms with Gasteiger partial charge in [-0.15, -0.1) is 10.2 Å². The molecule has 8 nitrogen and oxygen atoms in total. The van der Waals surface area contributed by atoms with Crippen LogP contribution in [-0.2, 0) is 17.1 Å². The molecule has 2 atom stereocenters. The Morgan fingerprint density at radius 2 is 1.78 bits per heavy atom. The van der Waals surface area contributed by atoms with Crippen molar-refractivity contribution in [3.8, 4) is 5.69 Å². The van der Waals surface area contributed by atoms with Crippen molar-refractivity contribution in [1.29, 1.82) is 0 Å².